The molecule has 0 aliphatic carbocycles. The highest BCUT2D eigenvalue weighted by molar-refractivity contribution is 7.03. The third-order valence-corrected chi connectivity index (χ3v) is 8.33. The SMILES string of the molecule is C1=COC(N2C(N3CCCCC3)=C(N3CCOCC3)N=C(c3cccnn3)C2(c2ccsn2)c2ncccn2)C=C1. The van der Waals surface area contributed by atoms with Crippen molar-refractivity contribution in [3.63, 3.8) is 0 Å². The van der Waals surface area contributed by atoms with Crippen LogP contribution in [-0.2, 0) is 15.0 Å². The van der Waals surface area contributed by atoms with Crippen molar-refractivity contribution in [1.29, 1.82) is 0 Å². The average Bonchev–Trinajstić information content (AvgIpc) is 3.61. The van der Waals surface area contributed by atoms with Gasteiger partial charge in [0, 0.05) is 50.1 Å². The molecule has 0 N–H and O–H groups in total. The van der Waals surface area contributed by atoms with E-state index in [9.17, 15) is 0 Å². The zero-order valence-electron chi connectivity index (χ0n) is 22.6. The molecule has 0 bridgehead atoms. The summed E-state index contributed by atoms with van der Waals surface area (Å²) < 4.78 is 17.1. The monoisotopic (exact) mass is 569 g/mol. The molecule has 2 saturated heterocycles. The Hall–Kier alpha value is -4.16. The summed E-state index contributed by atoms with van der Waals surface area (Å²) in [6.45, 7) is 4.54. The summed E-state index contributed by atoms with van der Waals surface area (Å²) in [5.74, 6) is 2.38. The van der Waals surface area contributed by atoms with Gasteiger partial charge in [-0.15, -0.1) is 5.10 Å². The van der Waals surface area contributed by atoms with E-state index in [2.05, 4.69) is 31.0 Å². The molecule has 0 spiro atoms. The van der Waals surface area contributed by atoms with Crippen LogP contribution in [0.25, 0.3) is 0 Å². The Labute approximate surface area is 242 Å². The molecule has 0 amide bonds. The maximum atomic E-state index is 6.42. The summed E-state index contributed by atoms with van der Waals surface area (Å²) in [6, 6.07) is 7.67. The molecule has 4 aliphatic rings. The molecule has 7 heterocycles. The number of ether oxygens (including phenoxy) is 2. The van der Waals surface area contributed by atoms with Crippen LogP contribution in [-0.4, -0.2) is 90.6 Å². The molecule has 0 radical (unpaired) electrons. The van der Waals surface area contributed by atoms with Crippen LogP contribution < -0.4 is 0 Å². The number of rotatable bonds is 6. The van der Waals surface area contributed by atoms with Gasteiger partial charge in [-0.1, -0.05) is 6.08 Å². The first kappa shape index (κ1) is 25.8. The molecule has 12 heteroatoms. The number of aliphatic imine (C=N–C) groups is 1. The van der Waals surface area contributed by atoms with Crippen LogP contribution in [0.5, 0.6) is 0 Å². The van der Waals surface area contributed by atoms with E-state index in [4.69, 9.17) is 28.8 Å². The van der Waals surface area contributed by atoms with E-state index in [-0.39, 0.29) is 0 Å². The molecule has 3 aromatic rings. The maximum absolute atomic E-state index is 6.42. The van der Waals surface area contributed by atoms with Gasteiger partial charge >= 0.3 is 0 Å². The van der Waals surface area contributed by atoms with Crippen LogP contribution in [0.2, 0.25) is 0 Å². The lowest BCUT2D eigenvalue weighted by molar-refractivity contribution is -0.0264. The fourth-order valence-corrected chi connectivity index (χ4v) is 6.52. The molecule has 210 valence electrons. The topological polar surface area (TPSA) is 105 Å². The number of allylic oxidation sites excluding steroid dienone is 2. The first-order chi connectivity index (χ1) is 20.4. The van der Waals surface area contributed by atoms with Crippen molar-refractivity contribution in [2.75, 3.05) is 39.4 Å². The smallest absolute Gasteiger partial charge is 0.193 e. The first-order valence-corrected chi connectivity index (χ1v) is 14.9. The average molecular weight is 570 g/mol. The molecular formula is C29H31N9O2S. The van der Waals surface area contributed by atoms with Gasteiger partial charge in [-0.25, -0.2) is 15.0 Å². The van der Waals surface area contributed by atoms with Gasteiger partial charge < -0.3 is 19.3 Å². The lowest BCUT2D eigenvalue weighted by atomic mass is 9.82. The number of hydrogen-bond donors (Lipinski definition) is 0. The van der Waals surface area contributed by atoms with Gasteiger partial charge in [0.15, 0.2) is 29.2 Å². The minimum atomic E-state index is -1.17. The number of morpholine rings is 1. The van der Waals surface area contributed by atoms with Crippen LogP contribution in [0.15, 0.2) is 89.4 Å². The van der Waals surface area contributed by atoms with Gasteiger partial charge in [-0.3, -0.25) is 4.90 Å². The van der Waals surface area contributed by atoms with Gasteiger partial charge in [0.05, 0.1) is 25.2 Å². The van der Waals surface area contributed by atoms with Crippen molar-refractivity contribution in [3.8, 4) is 0 Å². The van der Waals surface area contributed by atoms with Crippen molar-refractivity contribution in [2.45, 2.75) is 31.0 Å². The van der Waals surface area contributed by atoms with Gasteiger partial charge in [-0.05, 0) is 67.2 Å². The van der Waals surface area contributed by atoms with Crippen molar-refractivity contribution in [1.82, 2.24) is 39.2 Å². The second-order valence-corrected chi connectivity index (χ2v) is 10.8. The Bertz CT molecular complexity index is 1450. The molecule has 2 unspecified atom stereocenters. The Balaban J connectivity index is 1.59. The summed E-state index contributed by atoms with van der Waals surface area (Å²) in [5, 5.41) is 10.8. The summed E-state index contributed by atoms with van der Waals surface area (Å²) >= 11 is 1.39. The third-order valence-electron chi connectivity index (χ3n) is 7.77. The standard InChI is InChI=1S/C29H31N9O2S/c1-3-14-37(15-4-1)27-26(36-16-19-39-20-17-36)33-25(22-8-6-13-32-34-22)29(23-10-21-41-35-23,28-30-11-7-12-31-28)38(27)24-9-2-5-18-40-24/h2,5-13,18,21,24H,1,3-4,14-17,19-20H2. The Morgan fingerprint density at radius 3 is 2.46 bits per heavy atom. The van der Waals surface area contributed by atoms with E-state index in [1.54, 1.807) is 24.9 Å². The number of hydrogen-bond acceptors (Lipinski definition) is 12. The van der Waals surface area contributed by atoms with Gasteiger partial charge in [0.1, 0.15) is 11.4 Å². The zero-order valence-corrected chi connectivity index (χ0v) is 23.4. The lowest BCUT2D eigenvalue weighted by Gasteiger charge is -2.53. The van der Waals surface area contributed by atoms with Crippen molar-refractivity contribution in [2.24, 2.45) is 4.99 Å². The molecule has 41 heavy (non-hydrogen) atoms. The van der Waals surface area contributed by atoms with E-state index in [0.717, 1.165) is 56.4 Å². The van der Waals surface area contributed by atoms with Crippen LogP contribution in [0.1, 0.15) is 36.5 Å². The zero-order chi connectivity index (χ0) is 27.5. The highest BCUT2D eigenvalue weighted by atomic mass is 32.1. The fourth-order valence-electron chi connectivity index (χ4n) is 5.97. The first-order valence-electron chi connectivity index (χ1n) is 14.0. The minimum absolute atomic E-state index is 0.499. The van der Waals surface area contributed by atoms with Gasteiger partial charge in [-0.2, -0.15) is 9.47 Å². The van der Waals surface area contributed by atoms with Crippen LogP contribution in [0, 0.1) is 0 Å². The number of piperidine rings is 1. The number of aromatic nitrogens is 5. The van der Waals surface area contributed by atoms with E-state index in [0.29, 0.717) is 30.4 Å². The maximum Gasteiger partial charge on any atom is 0.193 e. The summed E-state index contributed by atoms with van der Waals surface area (Å²) in [4.78, 5) is 22.3. The van der Waals surface area contributed by atoms with Crippen molar-refractivity contribution < 1.29 is 9.47 Å². The predicted molar refractivity (Wildman–Crippen MR) is 153 cm³/mol. The van der Waals surface area contributed by atoms with E-state index in [1.165, 1.54) is 18.0 Å². The summed E-state index contributed by atoms with van der Waals surface area (Å²) in [5.41, 5.74) is 0.855. The van der Waals surface area contributed by atoms with Crippen LogP contribution in [0.3, 0.4) is 0 Å². The van der Waals surface area contributed by atoms with Gasteiger partial charge in [0.2, 0.25) is 0 Å². The molecule has 0 saturated carbocycles. The van der Waals surface area contributed by atoms with E-state index in [1.807, 2.05) is 41.8 Å². The normalized spacial score (nSPS) is 24.8. The largest absolute Gasteiger partial charge is 0.474 e. The molecular weight excluding hydrogens is 538 g/mol. The third kappa shape index (κ3) is 4.56. The predicted octanol–water partition coefficient (Wildman–Crippen LogP) is 3.14. The quantitative estimate of drug-likeness (QED) is 0.440. The Morgan fingerprint density at radius 2 is 1.76 bits per heavy atom. The second-order valence-electron chi connectivity index (χ2n) is 10.1. The highest BCUT2D eigenvalue weighted by Crippen LogP contribution is 2.47. The van der Waals surface area contributed by atoms with E-state index < -0.39 is 11.8 Å². The minimum Gasteiger partial charge on any atom is -0.474 e. The molecule has 3 aromatic heterocycles. The molecule has 7 rings (SSSR count). The Morgan fingerprint density at radius 1 is 0.902 bits per heavy atom. The summed E-state index contributed by atoms with van der Waals surface area (Å²) in [6.07, 6.45) is 15.8. The second kappa shape index (κ2) is 11.4. The summed E-state index contributed by atoms with van der Waals surface area (Å²) in [7, 11) is 0. The highest BCUT2D eigenvalue weighted by Gasteiger charge is 2.58. The molecule has 2 atom stereocenters. The van der Waals surface area contributed by atoms with Gasteiger partial charge in [0.25, 0.3) is 0 Å². The fraction of sp³-hybridized carbons (Fsp3) is 0.379. The number of likely N-dealkylation sites (tertiary alicyclic amines) is 1. The molecule has 2 fully saturated rings. The number of nitrogens with zero attached hydrogens (tertiary/aromatic N) is 9. The molecule has 4 aliphatic heterocycles. The van der Waals surface area contributed by atoms with Crippen molar-refractivity contribution in [3.05, 3.63) is 102 Å². The van der Waals surface area contributed by atoms with Crippen LogP contribution >= 0.6 is 11.5 Å². The van der Waals surface area contributed by atoms with E-state index >= 15 is 0 Å². The van der Waals surface area contributed by atoms with Crippen LogP contribution in [0.4, 0.5) is 0 Å². The Kier molecular flexibility index (Phi) is 7.15. The lowest BCUT2D eigenvalue weighted by Crippen LogP contribution is -2.63. The molecule has 11 nitrogen and oxygen atoms in total. The molecule has 0 aromatic carbocycles. The van der Waals surface area contributed by atoms with Crippen molar-refractivity contribution >= 4 is 17.2 Å².